The number of rotatable bonds is 17. The molecule has 0 aliphatic rings. The average molecular weight is 515 g/mol. The van der Waals surface area contributed by atoms with Crippen LogP contribution in [0.1, 0.15) is 53.4 Å². The van der Waals surface area contributed by atoms with Crippen LogP contribution in [0.2, 0.25) is 0 Å². The number of carboxylic acids is 1. The van der Waals surface area contributed by atoms with Gasteiger partial charge in [0.25, 0.3) is 0 Å². The maximum Gasteiger partial charge on any atom is 0.326 e. The van der Waals surface area contributed by atoms with Crippen LogP contribution in [0.5, 0.6) is 0 Å². The second kappa shape index (κ2) is 17.1. The number of amides is 4. The number of nitrogens with zero attached hydrogens (tertiary/aromatic N) is 1. The molecule has 11 N–H and O–H groups in total. The predicted octanol–water partition coefficient (Wildman–Crippen LogP) is -2.25. The van der Waals surface area contributed by atoms with Gasteiger partial charge in [-0.25, -0.2) is 4.79 Å². The molecule has 36 heavy (non-hydrogen) atoms. The van der Waals surface area contributed by atoms with Crippen molar-refractivity contribution in [1.29, 1.82) is 0 Å². The van der Waals surface area contributed by atoms with Gasteiger partial charge in [-0.1, -0.05) is 40.5 Å². The zero-order valence-corrected chi connectivity index (χ0v) is 21.5. The van der Waals surface area contributed by atoms with E-state index in [-0.39, 0.29) is 30.8 Å². The van der Waals surface area contributed by atoms with Gasteiger partial charge in [0.15, 0.2) is 5.96 Å². The summed E-state index contributed by atoms with van der Waals surface area (Å²) in [6.45, 7) is 6.69. The molecule has 14 nitrogen and oxygen atoms in total. The topological polar surface area (TPSA) is 244 Å². The number of carbonyl (C=O) groups excluding carboxylic acids is 4. The number of aliphatic carboxylic acids is 1. The van der Waals surface area contributed by atoms with E-state index >= 15 is 0 Å². The van der Waals surface area contributed by atoms with E-state index in [2.05, 4.69) is 26.3 Å². The second-order valence-corrected chi connectivity index (χ2v) is 8.68. The Morgan fingerprint density at radius 1 is 0.861 bits per heavy atom. The molecule has 14 heteroatoms. The third kappa shape index (κ3) is 12.9. The van der Waals surface area contributed by atoms with Gasteiger partial charge < -0.3 is 43.6 Å². The Bertz CT molecular complexity index is 787. The molecule has 0 heterocycles. The molecule has 0 rings (SSSR count). The largest absolute Gasteiger partial charge is 0.480 e. The number of guanidine groups is 1. The monoisotopic (exact) mass is 514 g/mol. The highest BCUT2D eigenvalue weighted by molar-refractivity contribution is 5.93. The first kappa shape index (κ1) is 32.6. The number of aliphatic imine (C=N–C) groups is 1. The minimum Gasteiger partial charge on any atom is -0.480 e. The van der Waals surface area contributed by atoms with Crippen LogP contribution in [-0.2, 0) is 24.0 Å². The highest BCUT2D eigenvalue weighted by Crippen LogP contribution is 2.10. The molecule has 5 atom stereocenters. The molecular formula is C22H42N8O6. The van der Waals surface area contributed by atoms with E-state index < -0.39 is 60.8 Å². The summed E-state index contributed by atoms with van der Waals surface area (Å²) < 4.78 is 0. The Hall–Kier alpha value is -3.42. The Morgan fingerprint density at radius 2 is 1.44 bits per heavy atom. The number of hydrogen-bond donors (Lipinski definition) is 8. The van der Waals surface area contributed by atoms with Gasteiger partial charge in [-0.2, -0.15) is 0 Å². The first-order valence-electron chi connectivity index (χ1n) is 12.0. The average Bonchev–Trinajstić information content (AvgIpc) is 2.84. The van der Waals surface area contributed by atoms with E-state index in [0.29, 0.717) is 19.3 Å². The van der Waals surface area contributed by atoms with Crippen LogP contribution in [-0.4, -0.2) is 78.4 Å². The van der Waals surface area contributed by atoms with E-state index in [4.69, 9.17) is 17.2 Å². The van der Waals surface area contributed by atoms with Gasteiger partial charge in [0.05, 0.1) is 19.1 Å². The first-order chi connectivity index (χ1) is 16.8. The number of carbonyl (C=O) groups is 5. The van der Waals surface area contributed by atoms with Crippen molar-refractivity contribution in [2.45, 2.75) is 71.5 Å². The third-order valence-corrected chi connectivity index (χ3v) is 5.80. The molecule has 0 fully saturated rings. The van der Waals surface area contributed by atoms with Crippen LogP contribution in [0, 0.1) is 11.8 Å². The Kier molecular flexibility index (Phi) is 15.5. The van der Waals surface area contributed by atoms with Crippen LogP contribution in [0.15, 0.2) is 4.99 Å². The van der Waals surface area contributed by atoms with Gasteiger partial charge >= 0.3 is 5.97 Å². The minimum absolute atomic E-state index is 0.0680. The lowest BCUT2D eigenvalue weighted by atomic mass is 9.95. The lowest BCUT2D eigenvalue weighted by Crippen LogP contribution is -2.56. The quantitative estimate of drug-likeness (QED) is 0.0592. The van der Waals surface area contributed by atoms with Crippen molar-refractivity contribution in [3.63, 3.8) is 0 Å². The maximum atomic E-state index is 12.7. The number of nitrogens with one attached hydrogen (secondary N) is 4. The fourth-order valence-corrected chi connectivity index (χ4v) is 2.99. The van der Waals surface area contributed by atoms with E-state index in [1.807, 2.05) is 20.8 Å². The molecule has 0 saturated carbocycles. The molecule has 0 unspecified atom stereocenters. The van der Waals surface area contributed by atoms with Crippen LogP contribution in [0.25, 0.3) is 0 Å². The van der Waals surface area contributed by atoms with Crippen LogP contribution in [0.3, 0.4) is 0 Å². The van der Waals surface area contributed by atoms with Crippen LogP contribution < -0.4 is 38.5 Å². The van der Waals surface area contributed by atoms with E-state index in [0.717, 1.165) is 0 Å². The zero-order chi connectivity index (χ0) is 27.8. The number of carboxylic acid groups (broad SMARTS) is 1. The van der Waals surface area contributed by atoms with Crippen LogP contribution >= 0.6 is 0 Å². The van der Waals surface area contributed by atoms with Crippen molar-refractivity contribution in [3.8, 4) is 0 Å². The highest BCUT2D eigenvalue weighted by Gasteiger charge is 2.29. The minimum atomic E-state index is -1.24. The molecule has 206 valence electrons. The Labute approximate surface area is 211 Å². The van der Waals surface area contributed by atoms with E-state index in [1.54, 1.807) is 6.92 Å². The SMILES string of the molecule is CC[C@H](C)[C@H](N)C(=O)N[C@H](C(=O)NCC(=O)NCC(=O)N[C@@H](CCCN=C(N)N)C(=O)O)[C@@H](C)CC. The molecule has 0 bridgehead atoms. The fraction of sp³-hybridized carbons (Fsp3) is 0.727. The van der Waals surface area contributed by atoms with Gasteiger partial charge in [-0.3, -0.25) is 24.2 Å². The number of hydrogen-bond acceptors (Lipinski definition) is 7. The molecule has 0 aromatic rings. The molecule has 0 radical (unpaired) electrons. The van der Waals surface area contributed by atoms with Crippen molar-refractivity contribution in [1.82, 2.24) is 21.3 Å². The lowest BCUT2D eigenvalue weighted by Gasteiger charge is -2.26. The van der Waals surface area contributed by atoms with Crippen molar-refractivity contribution in [2.24, 2.45) is 34.0 Å². The predicted molar refractivity (Wildman–Crippen MR) is 134 cm³/mol. The molecule has 0 saturated heterocycles. The maximum absolute atomic E-state index is 12.7. The smallest absolute Gasteiger partial charge is 0.326 e. The summed E-state index contributed by atoms with van der Waals surface area (Å²) in [6, 6.07) is -2.83. The summed E-state index contributed by atoms with van der Waals surface area (Å²) in [4.78, 5) is 64.3. The molecular weight excluding hydrogens is 472 g/mol. The van der Waals surface area contributed by atoms with Gasteiger partial charge in [0.2, 0.25) is 23.6 Å². The van der Waals surface area contributed by atoms with Crippen molar-refractivity contribution >= 4 is 35.6 Å². The standard InChI is InChI=1S/C22H42N8O6/c1-5-12(3)17(23)19(33)30-18(13(4)6-2)20(34)28-10-15(31)27-11-16(32)29-14(21(35)36)8-7-9-26-22(24)25/h12-14,17-18H,5-11,23H2,1-4H3,(H,27,31)(H,28,34)(H,29,32)(H,30,33)(H,35,36)(H4,24,25,26)/t12-,13-,14-,17-,18-/m0/s1. The summed E-state index contributed by atoms with van der Waals surface area (Å²) in [5.74, 6) is -4.02. The fourth-order valence-electron chi connectivity index (χ4n) is 2.99. The van der Waals surface area contributed by atoms with Crippen LogP contribution in [0.4, 0.5) is 0 Å². The van der Waals surface area contributed by atoms with Gasteiger partial charge in [0.1, 0.15) is 12.1 Å². The van der Waals surface area contributed by atoms with Crippen molar-refractivity contribution < 1.29 is 29.1 Å². The summed E-state index contributed by atoms with van der Waals surface area (Å²) in [6.07, 6.45) is 1.71. The number of nitrogens with two attached hydrogens (primary N) is 3. The van der Waals surface area contributed by atoms with E-state index in [9.17, 15) is 29.1 Å². The van der Waals surface area contributed by atoms with Crippen molar-refractivity contribution in [2.75, 3.05) is 19.6 Å². The molecule has 0 spiro atoms. The lowest BCUT2D eigenvalue weighted by molar-refractivity contribution is -0.142. The van der Waals surface area contributed by atoms with Crippen molar-refractivity contribution in [3.05, 3.63) is 0 Å². The van der Waals surface area contributed by atoms with Gasteiger partial charge in [-0.05, 0) is 24.7 Å². The van der Waals surface area contributed by atoms with Gasteiger partial charge in [-0.15, -0.1) is 0 Å². The Morgan fingerprint density at radius 3 is 1.97 bits per heavy atom. The third-order valence-electron chi connectivity index (χ3n) is 5.80. The molecule has 0 aromatic carbocycles. The first-order valence-corrected chi connectivity index (χ1v) is 12.0. The zero-order valence-electron chi connectivity index (χ0n) is 21.5. The van der Waals surface area contributed by atoms with Gasteiger partial charge in [0, 0.05) is 6.54 Å². The molecule has 0 aromatic heterocycles. The summed E-state index contributed by atoms with van der Waals surface area (Å²) in [7, 11) is 0. The molecule has 0 aliphatic heterocycles. The molecule has 4 amide bonds. The highest BCUT2D eigenvalue weighted by atomic mass is 16.4. The summed E-state index contributed by atoms with van der Waals surface area (Å²) >= 11 is 0. The normalized spacial score (nSPS) is 14.8. The van der Waals surface area contributed by atoms with E-state index in [1.165, 1.54) is 0 Å². The summed E-state index contributed by atoms with van der Waals surface area (Å²) in [5.41, 5.74) is 16.4. The molecule has 0 aliphatic carbocycles. The Balaban J connectivity index is 4.71. The summed E-state index contributed by atoms with van der Waals surface area (Å²) in [5, 5.41) is 19.0. The second-order valence-electron chi connectivity index (χ2n) is 8.68.